The number of carbonyl (C=O) groups excluding carboxylic acids is 1. The van der Waals surface area contributed by atoms with Gasteiger partial charge in [0.05, 0.1) is 17.9 Å². The summed E-state index contributed by atoms with van der Waals surface area (Å²) in [5, 5.41) is 12.2. The SMILES string of the molecule is CC(C)(O)c1cccc(CNC(N)=O)n1. The van der Waals surface area contributed by atoms with Crippen molar-refractivity contribution in [1.82, 2.24) is 10.3 Å². The lowest BCUT2D eigenvalue weighted by atomic mass is 10.0. The Balaban J connectivity index is 2.79. The van der Waals surface area contributed by atoms with Gasteiger partial charge in [-0.3, -0.25) is 4.98 Å². The minimum atomic E-state index is -0.983. The first-order chi connectivity index (χ1) is 6.89. The third kappa shape index (κ3) is 3.55. The van der Waals surface area contributed by atoms with Crippen LogP contribution in [0.3, 0.4) is 0 Å². The molecule has 82 valence electrons. The largest absolute Gasteiger partial charge is 0.384 e. The average molecular weight is 209 g/mol. The van der Waals surface area contributed by atoms with Crippen molar-refractivity contribution < 1.29 is 9.90 Å². The Morgan fingerprint density at radius 1 is 1.60 bits per heavy atom. The number of nitrogens with one attached hydrogen (secondary N) is 1. The van der Waals surface area contributed by atoms with E-state index in [2.05, 4.69) is 10.3 Å². The van der Waals surface area contributed by atoms with Gasteiger partial charge < -0.3 is 16.2 Å². The molecular formula is C10H15N3O2. The van der Waals surface area contributed by atoms with Gasteiger partial charge in [-0.2, -0.15) is 0 Å². The highest BCUT2D eigenvalue weighted by molar-refractivity contribution is 5.71. The molecule has 5 heteroatoms. The van der Waals surface area contributed by atoms with Crippen LogP contribution in [-0.4, -0.2) is 16.1 Å². The number of aliphatic hydroxyl groups is 1. The summed E-state index contributed by atoms with van der Waals surface area (Å²) in [6.45, 7) is 3.57. The quantitative estimate of drug-likeness (QED) is 0.676. The van der Waals surface area contributed by atoms with Crippen LogP contribution >= 0.6 is 0 Å². The van der Waals surface area contributed by atoms with E-state index in [0.717, 1.165) is 0 Å². The van der Waals surface area contributed by atoms with Crippen molar-refractivity contribution >= 4 is 6.03 Å². The summed E-state index contributed by atoms with van der Waals surface area (Å²) in [4.78, 5) is 14.7. The topological polar surface area (TPSA) is 88.2 Å². The predicted octanol–water partition coefficient (Wildman–Crippen LogP) is 0.477. The van der Waals surface area contributed by atoms with Gasteiger partial charge >= 0.3 is 6.03 Å². The second-order valence-electron chi connectivity index (χ2n) is 3.79. The number of pyridine rings is 1. The average Bonchev–Trinajstić information content (AvgIpc) is 2.14. The Hall–Kier alpha value is -1.62. The van der Waals surface area contributed by atoms with Crippen molar-refractivity contribution in [3.63, 3.8) is 0 Å². The molecule has 0 fully saturated rings. The summed E-state index contributed by atoms with van der Waals surface area (Å²) < 4.78 is 0. The maximum atomic E-state index is 10.5. The minimum Gasteiger partial charge on any atom is -0.384 e. The van der Waals surface area contributed by atoms with Crippen LogP contribution in [0.15, 0.2) is 18.2 Å². The number of rotatable bonds is 3. The van der Waals surface area contributed by atoms with Crippen LogP contribution in [0.2, 0.25) is 0 Å². The van der Waals surface area contributed by atoms with Crippen molar-refractivity contribution in [2.24, 2.45) is 5.73 Å². The lowest BCUT2D eigenvalue weighted by molar-refractivity contribution is 0.0736. The van der Waals surface area contributed by atoms with E-state index in [0.29, 0.717) is 11.4 Å². The van der Waals surface area contributed by atoms with Crippen LogP contribution in [0.1, 0.15) is 25.2 Å². The zero-order chi connectivity index (χ0) is 11.5. The molecule has 1 heterocycles. The molecule has 0 saturated carbocycles. The first-order valence-electron chi connectivity index (χ1n) is 4.61. The van der Waals surface area contributed by atoms with Crippen LogP contribution in [0.4, 0.5) is 4.79 Å². The van der Waals surface area contributed by atoms with E-state index in [4.69, 9.17) is 5.73 Å². The van der Waals surface area contributed by atoms with E-state index >= 15 is 0 Å². The van der Waals surface area contributed by atoms with Gasteiger partial charge in [-0.05, 0) is 26.0 Å². The molecular weight excluding hydrogens is 194 g/mol. The van der Waals surface area contributed by atoms with Crippen LogP contribution in [0.5, 0.6) is 0 Å². The summed E-state index contributed by atoms with van der Waals surface area (Å²) in [6.07, 6.45) is 0. The van der Waals surface area contributed by atoms with Crippen LogP contribution < -0.4 is 11.1 Å². The van der Waals surface area contributed by atoms with Gasteiger partial charge in [0.15, 0.2) is 0 Å². The molecule has 2 amide bonds. The van der Waals surface area contributed by atoms with E-state index in [1.54, 1.807) is 32.0 Å². The summed E-state index contributed by atoms with van der Waals surface area (Å²) in [7, 11) is 0. The third-order valence-corrected chi connectivity index (χ3v) is 1.88. The summed E-state index contributed by atoms with van der Waals surface area (Å²) in [6, 6.07) is 4.67. The van der Waals surface area contributed by atoms with Crippen molar-refractivity contribution in [1.29, 1.82) is 0 Å². The summed E-state index contributed by atoms with van der Waals surface area (Å²) in [5.41, 5.74) is 5.18. The highest BCUT2D eigenvalue weighted by atomic mass is 16.3. The smallest absolute Gasteiger partial charge is 0.312 e. The van der Waals surface area contributed by atoms with Gasteiger partial charge in [0.1, 0.15) is 5.60 Å². The Kier molecular flexibility index (Phi) is 3.26. The number of amides is 2. The Bertz CT molecular complexity index is 358. The fourth-order valence-electron chi connectivity index (χ4n) is 1.10. The molecule has 0 aliphatic carbocycles. The standard InChI is InChI=1S/C10H15N3O2/c1-10(2,15)8-5-3-4-7(13-8)6-12-9(11)14/h3-5,15H,6H2,1-2H3,(H3,11,12,14). The molecule has 15 heavy (non-hydrogen) atoms. The van der Waals surface area contributed by atoms with E-state index in [-0.39, 0.29) is 6.54 Å². The lowest BCUT2D eigenvalue weighted by Gasteiger charge is -2.17. The number of nitrogens with two attached hydrogens (primary N) is 1. The fourth-order valence-corrected chi connectivity index (χ4v) is 1.10. The summed E-state index contributed by atoms with van der Waals surface area (Å²) in [5.74, 6) is 0. The number of urea groups is 1. The van der Waals surface area contributed by atoms with Crippen LogP contribution in [0, 0.1) is 0 Å². The molecule has 0 atom stereocenters. The van der Waals surface area contributed by atoms with Gasteiger partial charge in [-0.15, -0.1) is 0 Å². The van der Waals surface area contributed by atoms with Gasteiger partial charge in [0.25, 0.3) is 0 Å². The maximum Gasteiger partial charge on any atom is 0.312 e. The van der Waals surface area contributed by atoms with Gasteiger partial charge in [-0.1, -0.05) is 6.07 Å². The molecule has 0 radical (unpaired) electrons. The molecule has 0 aliphatic rings. The molecule has 1 aromatic rings. The minimum absolute atomic E-state index is 0.263. The number of hydrogen-bond donors (Lipinski definition) is 3. The number of aromatic nitrogens is 1. The van der Waals surface area contributed by atoms with Crippen molar-refractivity contribution in [2.45, 2.75) is 26.0 Å². The zero-order valence-corrected chi connectivity index (χ0v) is 8.82. The molecule has 5 nitrogen and oxygen atoms in total. The molecule has 0 aromatic carbocycles. The monoisotopic (exact) mass is 209 g/mol. The molecule has 0 aliphatic heterocycles. The third-order valence-electron chi connectivity index (χ3n) is 1.88. The van der Waals surface area contributed by atoms with Gasteiger partial charge in [0.2, 0.25) is 0 Å². The number of nitrogens with zero attached hydrogens (tertiary/aromatic N) is 1. The highest BCUT2D eigenvalue weighted by Crippen LogP contribution is 2.16. The second kappa shape index (κ2) is 4.27. The van der Waals surface area contributed by atoms with Gasteiger partial charge in [0, 0.05) is 0 Å². The predicted molar refractivity (Wildman–Crippen MR) is 55.9 cm³/mol. The fraction of sp³-hybridized carbons (Fsp3) is 0.400. The normalized spacial score (nSPS) is 11.1. The number of hydrogen-bond acceptors (Lipinski definition) is 3. The van der Waals surface area contributed by atoms with E-state index < -0.39 is 11.6 Å². The maximum absolute atomic E-state index is 10.5. The Morgan fingerprint density at radius 3 is 2.80 bits per heavy atom. The first kappa shape index (κ1) is 11.5. The molecule has 1 aromatic heterocycles. The second-order valence-corrected chi connectivity index (χ2v) is 3.79. The molecule has 4 N–H and O–H groups in total. The highest BCUT2D eigenvalue weighted by Gasteiger charge is 2.17. The lowest BCUT2D eigenvalue weighted by Crippen LogP contribution is -2.29. The summed E-state index contributed by atoms with van der Waals surface area (Å²) >= 11 is 0. The Morgan fingerprint density at radius 2 is 2.27 bits per heavy atom. The van der Waals surface area contributed by atoms with E-state index in [9.17, 15) is 9.90 Å². The van der Waals surface area contributed by atoms with Crippen molar-refractivity contribution in [2.75, 3.05) is 0 Å². The first-order valence-corrected chi connectivity index (χ1v) is 4.61. The molecule has 0 saturated heterocycles. The van der Waals surface area contributed by atoms with Crippen LogP contribution in [0.25, 0.3) is 0 Å². The molecule has 0 spiro atoms. The van der Waals surface area contributed by atoms with E-state index in [1.807, 2.05) is 0 Å². The van der Waals surface area contributed by atoms with Crippen LogP contribution in [-0.2, 0) is 12.1 Å². The Labute approximate surface area is 88.3 Å². The van der Waals surface area contributed by atoms with Gasteiger partial charge in [-0.25, -0.2) is 4.79 Å². The van der Waals surface area contributed by atoms with Crippen molar-refractivity contribution in [3.8, 4) is 0 Å². The van der Waals surface area contributed by atoms with Crippen molar-refractivity contribution in [3.05, 3.63) is 29.6 Å². The molecule has 0 unspecified atom stereocenters. The van der Waals surface area contributed by atoms with E-state index in [1.165, 1.54) is 0 Å². The number of carbonyl (C=O) groups is 1. The molecule has 0 bridgehead atoms. The number of primary amides is 1. The molecule has 1 rings (SSSR count). The zero-order valence-electron chi connectivity index (χ0n) is 8.82.